The van der Waals surface area contributed by atoms with Gasteiger partial charge in [0.15, 0.2) is 5.43 Å². The number of benzene rings is 1. The van der Waals surface area contributed by atoms with Crippen molar-refractivity contribution in [2.45, 2.75) is 6.92 Å². The van der Waals surface area contributed by atoms with Crippen molar-refractivity contribution in [2.75, 3.05) is 0 Å². The molecule has 2 nitrogen and oxygen atoms in total. The predicted molar refractivity (Wildman–Crippen MR) is 67.3 cm³/mol. The van der Waals surface area contributed by atoms with E-state index >= 15 is 0 Å². The number of aromatic nitrogens is 1. The Hall–Kier alpha value is -1.25. The number of H-pyrrole nitrogens is 1. The molecule has 16 heavy (non-hydrogen) atoms. The summed E-state index contributed by atoms with van der Waals surface area (Å²) in [6.45, 7) is 1.83. The summed E-state index contributed by atoms with van der Waals surface area (Å²) in [5, 5.41) is 1.03. The van der Waals surface area contributed by atoms with Crippen LogP contribution in [-0.2, 0) is 0 Å². The zero-order valence-corrected chi connectivity index (χ0v) is 10.1. The van der Waals surface area contributed by atoms with Gasteiger partial charge in [0.2, 0.25) is 0 Å². The summed E-state index contributed by atoms with van der Waals surface area (Å²) in [4.78, 5) is 14.8. The Balaban J connectivity index is 2.73. The first kappa shape index (κ1) is 11.2. The molecule has 0 saturated carbocycles. The van der Waals surface area contributed by atoms with E-state index in [9.17, 15) is 4.79 Å². The van der Waals surface area contributed by atoms with Crippen LogP contribution in [0.3, 0.4) is 0 Å². The molecule has 0 aliphatic rings. The number of hydrogen-bond acceptors (Lipinski definition) is 1. The predicted octanol–water partition coefficient (Wildman–Crippen LogP) is 3.66. The summed E-state index contributed by atoms with van der Waals surface area (Å²) < 4.78 is 0. The summed E-state index contributed by atoms with van der Waals surface area (Å²) in [6.07, 6.45) is 1.62. The van der Waals surface area contributed by atoms with Crippen molar-refractivity contribution in [3.05, 3.63) is 56.4 Å². The Bertz CT molecular complexity index is 590. The van der Waals surface area contributed by atoms with Gasteiger partial charge >= 0.3 is 0 Å². The molecule has 2 aromatic rings. The van der Waals surface area contributed by atoms with E-state index < -0.39 is 0 Å². The Morgan fingerprint density at radius 3 is 2.56 bits per heavy atom. The fourth-order valence-corrected chi connectivity index (χ4v) is 2.11. The molecule has 0 unspecified atom stereocenters. The molecule has 2 rings (SSSR count). The molecule has 1 N–H and O–H groups in total. The van der Waals surface area contributed by atoms with Crippen molar-refractivity contribution in [1.29, 1.82) is 0 Å². The molecule has 0 fully saturated rings. The first-order chi connectivity index (χ1) is 7.59. The van der Waals surface area contributed by atoms with Crippen LogP contribution in [0, 0.1) is 6.92 Å². The van der Waals surface area contributed by atoms with E-state index in [1.165, 1.54) is 6.07 Å². The fourth-order valence-electron chi connectivity index (χ4n) is 1.61. The quantitative estimate of drug-likeness (QED) is 0.827. The van der Waals surface area contributed by atoms with Crippen LogP contribution in [0.1, 0.15) is 5.69 Å². The molecule has 0 amide bonds. The number of halogens is 2. The summed E-state index contributed by atoms with van der Waals surface area (Å²) in [7, 11) is 0. The number of aryl methyl sites for hydroxylation is 1. The zero-order chi connectivity index (χ0) is 11.7. The lowest BCUT2D eigenvalue weighted by molar-refractivity contribution is 1.19. The van der Waals surface area contributed by atoms with Crippen molar-refractivity contribution >= 4 is 23.2 Å². The minimum Gasteiger partial charge on any atom is -0.364 e. The molecule has 0 saturated heterocycles. The monoisotopic (exact) mass is 253 g/mol. The highest BCUT2D eigenvalue weighted by molar-refractivity contribution is 6.36. The van der Waals surface area contributed by atoms with Gasteiger partial charge in [-0.1, -0.05) is 29.3 Å². The van der Waals surface area contributed by atoms with Gasteiger partial charge in [-0.2, -0.15) is 0 Å². The second kappa shape index (κ2) is 4.32. The normalized spacial score (nSPS) is 10.4. The maximum atomic E-state index is 11.8. The molecule has 0 aliphatic heterocycles. The van der Waals surface area contributed by atoms with Gasteiger partial charge in [-0.15, -0.1) is 0 Å². The number of nitrogens with one attached hydrogen (secondary N) is 1. The average Bonchev–Trinajstić information content (AvgIpc) is 2.20. The lowest BCUT2D eigenvalue weighted by Gasteiger charge is -2.07. The lowest BCUT2D eigenvalue weighted by atomic mass is 10.0. The van der Waals surface area contributed by atoms with Gasteiger partial charge in [0.05, 0.1) is 5.02 Å². The molecule has 0 aliphatic carbocycles. The van der Waals surface area contributed by atoms with Gasteiger partial charge < -0.3 is 4.98 Å². The van der Waals surface area contributed by atoms with E-state index in [1.54, 1.807) is 24.4 Å². The topological polar surface area (TPSA) is 32.9 Å². The van der Waals surface area contributed by atoms with Gasteiger partial charge in [-0.05, 0) is 19.1 Å². The Morgan fingerprint density at radius 2 is 1.94 bits per heavy atom. The van der Waals surface area contributed by atoms with Crippen LogP contribution in [-0.4, -0.2) is 4.98 Å². The first-order valence-corrected chi connectivity index (χ1v) is 5.49. The molecular formula is C12H9Cl2NO. The Morgan fingerprint density at radius 1 is 1.19 bits per heavy atom. The second-order valence-electron chi connectivity index (χ2n) is 3.47. The molecule has 4 heteroatoms. The van der Waals surface area contributed by atoms with Crippen LogP contribution in [0.2, 0.25) is 10.0 Å². The highest BCUT2D eigenvalue weighted by Gasteiger charge is 2.10. The smallest absolute Gasteiger partial charge is 0.189 e. The number of pyridine rings is 1. The number of aromatic amines is 1. The van der Waals surface area contributed by atoms with Crippen LogP contribution in [0.4, 0.5) is 0 Å². The van der Waals surface area contributed by atoms with Crippen LogP contribution < -0.4 is 5.43 Å². The van der Waals surface area contributed by atoms with E-state index in [2.05, 4.69) is 4.98 Å². The van der Waals surface area contributed by atoms with Gasteiger partial charge in [0.1, 0.15) is 0 Å². The molecule has 0 spiro atoms. The van der Waals surface area contributed by atoms with E-state index in [1.807, 2.05) is 6.92 Å². The summed E-state index contributed by atoms with van der Waals surface area (Å²) in [5.41, 5.74) is 2.02. The maximum Gasteiger partial charge on any atom is 0.189 e. The van der Waals surface area contributed by atoms with E-state index in [4.69, 9.17) is 23.2 Å². The summed E-state index contributed by atoms with van der Waals surface area (Å²) >= 11 is 11.9. The van der Waals surface area contributed by atoms with Gasteiger partial charge in [0.25, 0.3) is 0 Å². The van der Waals surface area contributed by atoms with Crippen LogP contribution in [0.25, 0.3) is 11.1 Å². The highest BCUT2D eigenvalue weighted by Crippen LogP contribution is 2.29. The summed E-state index contributed by atoms with van der Waals surface area (Å²) in [5.74, 6) is 0. The molecule has 0 atom stereocenters. The number of rotatable bonds is 1. The molecule has 82 valence electrons. The molecule has 1 heterocycles. The largest absolute Gasteiger partial charge is 0.364 e. The molecule has 0 radical (unpaired) electrons. The van der Waals surface area contributed by atoms with E-state index in [0.717, 1.165) is 5.69 Å². The third-order valence-electron chi connectivity index (χ3n) is 2.36. The Labute approximate surface area is 103 Å². The van der Waals surface area contributed by atoms with Gasteiger partial charge in [-0.3, -0.25) is 4.79 Å². The maximum absolute atomic E-state index is 11.8. The highest BCUT2D eigenvalue weighted by atomic mass is 35.5. The average molecular weight is 254 g/mol. The molecule has 0 bridgehead atoms. The molecule has 1 aromatic carbocycles. The third kappa shape index (κ3) is 1.99. The fraction of sp³-hybridized carbons (Fsp3) is 0.0833. The van der Waals surface area contributed by atoms with E-state index in [-0.39, 0.29) is 5.43 Å². The minimum absolute atomic E-state index is 0.0551. The minimum atomic E-state index is -0.0551. The van der Waals surface area contributed by atoms with E-state index in [0.29, 0.717) is 21.2 Å². The van der Waals surface area contributed by atoms with Crippen LogP contribution in [0.5, 0.6) is 0 Å². The molecular weight excluding hydrogens is 245 g/mol. The number of hydrogen-bond donors (Lipinski definition) is 1. The summed E-state index contributed by atoms with van der Waals surface area (Å²) in [6, 6.07) is 6.58. The van der Waals surface area contributed by atoms with Crippen molar-refractivity contribution in [3.8, 4) is 11.1 Å². The third-order valence-corrected chi connectivity index (χ3v) is 2.90. The first-order valence-electron chi connectivity index (χ1n) is 4.73. The lowest BCUT2D eigenvalue weighted by Crippen LogP contribution is -2.06. The SMILES string of the molecule is Cc1[nH]ccc(=O)c1-c1ccc(Cl)cc1Cl. The molecule has 1 aromatic heterocycles. The van der Waals surface area contributed by atoms with Crippen molar-refractivity contribution in [2.24, 2.45) is 0 Å². The Kier molecular flexibility index (Phi) is 3.03. The van der Waals surface area contributed by atoms with Crippen molar-refractivity contribution < 1.29 is 0 Å². The van der Waals surface area contributed by atoms with Crippen molar-refractivity contribution in [1.82, 2.24) is 4.98 Å². The van der Waals surface area contributed by atoms with Crippen LogP contribution in [0.15, 0.2) is 35.3 Å². The second-order valence-corrected chi connectivity index (χ2v) is 4.31. The zero-order valence-electron chi connectivity index (χ0n) is 8.55. The van der Waals surface area contributed by atoms with Gasteiger partial charge in [0, 0.05) is 34.1 Å². The van der Waals surface area contributed by atoms with Gasteiger partial charge in [-0.25, -0.2) is 0 Å². The van der Waals surface area contributed by atoms with Crippen LogP contribution >= 0.6 is 23.2 Å². The van der Waals surface area contributed by atoms with Crippen molar-refractivity contribution in [3.63, 3.8) is 0 Å². The standard InChI is InChI=1S/C12H9Cl2NO/c1-7-12(11(16)4-5-15-7)9-3-2-8(13)6-10(9)14/h2-6H,1H3,(H,15,16).